The van der Waals surface area contributed by atoms with E-state index in [9.17, 15) is 14.9 Å². The van der Waals surface area contributed by atoms with Crippen LogP contribution in [0.15, 0.2) is 46.4 Å². The molecular weight excluding hydrogens is 304 g/mol. The van der Waals surface area contributed by atoms with Crippen molar-refractivity contribution in [2.45, 2.75) is 6.92 Å². The van der Waals surface area contributed by atoms with Crippen LogP contribution >= 0.6 is 11.3 Å². The third-order valence-electron chi connectivity index (χ3n) is 3.10. The van der Waals surface area contributed by atoms with Crippen LogP contribution in [0.25, 0.3) is 6.08 Å². The minimum Gasteiger partial charge on any atom is -0.402 e. The summed E-state index contributed by atoms with van der Waals surface area (Å²) in [6.07, 6.45) is 1.63. The molecule has 0 unspecified atom stereocenters. The van der Waals surface area contributed by atoms with Crippen molar-refractivity contribution in [2.24, 2.45) is 4.99 Å². The van der Waals surface area contributed by atoms with E-state index in [1.807, 2.05) is 17.5 Å². The fourth-order valence-electron chi connectivity index (χ4n) is 1.98. The molecule has 110 valence electrons. The molecule has 22 heavy (non-hydrogen) atoms. The van der Waals surface area contributed by atoms with Crippen molar-refractivity contribution in [3.63, 3.8) is 0 Å². The van der Waals surface area contributed by atoms with Crippen LogP contribution in [0.2, 0.25) is 0 Å². The van der Waals surface area contributed by atoms with Gasteiger partial charge in [-0.15, -0.1) is 11.3 Å². The van der Waals surface area contributed by atoms with Crippen LogP contribution in [-0.2, 0) is 9.53 Å². The van der Waals surface area contributed by atoms with Crippen molar-refractivity contribution in [2.75, 3.05) is 0 Å². The van der Waals surface area contributed by atoms with Crippen LogP contribution in [0.3, 0.4) is 0 Å². The number of aryl methyl sites for hydroxylation is 1. The van der Waals surface area contributed by atoms with Gasteiger partial charge in [-0.05, 0) is 30.5 Å². The Labute approximate surface area is 129 Å². The fraction of sp³-hybridized carbons (Fsp3) is 0.0667. The Kier molecular flexibility index (Phi) is 3.56. The lowest BCUT2D eigenvalue weighted by Crippen LogP contribution is -2.06. The van der Waals surface area contributed by atoms with Crippen LogP contribution < -0.4 is 0 Å². The highest BCUT2D eigenvalue weighted by atomic mass is 32.1. The van der Waals surface area contributed by atoms with E-state index in [1.165, 1.54) is 17.4 Å². The molecule has 2 heterocycles. The molecule has 0 aliphatic carbocycles. The van der Waals surface area contributed by atoms with Gasteiger partial charge in [0.05, 0.1) is 4.92 Å². The molecule has 7 heteroatoms. The molecule has 1 aromatic carbocycles. The van der Waals surface area contributed by atoms with E-state index in [4.69, 9.17) is 4.74 Å². The largest absolute Gasteiger partial charge is 0.402 e. The maximum Gasteiger partial charge on any atom is 0.363 e. The number of ether oxygens (including phenoxy) is 1. The topological polar surface area (TPSA) is 81.8 Å². The summed E-state index contributed by atoms with van der Waals surface area (Å²) < 4.78 is 5.11. The Balaban J connectivity index is 1.98. The maximum atomic E-state index is 11.8. The zero-order chi connectivity index (χ0) is 15.7. The number of carbonyl (C=O) groups excluding carboxylic acids is 1. The van der Waals surface area contributed by atoms with E-state index in [0.717, 1.165) is 4.88 Å². The van der Waals surface area contributed by atoms with E-state index in [-0.39, 0.29) is 17.3 Å². The van der Waals surface area contributed by atoms with Gasteiger partial charge in [-0.3, -0.25) is 10.1 Å². The van der Waals surface area contributed by atoms with E-state index < -0.39 is 10.9 Å². The number of esters is 1. The molecule has 2 aromatic rings. The van der Waals surface area contributed by atoms with Gasteiger partial charge in [-0.2, -0.15) is 0 Å². The molecule has 0 fully saturated rings. The first-order valence-corrected chi connectivity index (χ1v) is 7.24. The minimum atomic E-state index is -0.563. The van der Waals surface area contributed by atoms with Gasteiger partial charge in [-0.1, -0.05) is 12.1 Å². The van der Waals surface area contributed by atoms with E-state index in [0.29, 0.717) is 11.1 Å². The van der Waals surface area contributed by atoms with E-state index >= 15 is 0 Å². The van der Waals surface area contributed by atoms with Crippen LogP contribution in [-0.4, -0.2) is 16.8 Å². The zero-order valence-electron chi connectivity index (χ0n) is 11.5. The van der Waals surface area contributed by atoms with Crippen molar-refractivity contribution in [3.05, 3.63) is 67.5 Å². The lowest BCUT2D eigenvalue weighted by molar-refractivity contribution is -0.385. The standard InChI is InChI=1S/C15H10N2O4S/c1-9-4-5-10(7-13(9)17(19)20)14-16-12(15(18)21-14)8-11-3-2-6-22-11/h2-8H,1H3/b12-8+. The highest BCUT2D eigenvalue weighted by Crippen LogP contribution is 2.24. The average molecular weight is 314 g/mol. The Morgan fingerprint density at radius 2 is 2.18 bits per heavy atom. The quantitative estimate of drug-likeness (QED) is 0.377. The highest BCUT2D eigenvalue weighted by molar-refractivity contribution is 7.10. The second kappa shape index (κ2) is 5.53. The third-order valence-corrected chi connectivity index (χ3v) is 3.91. The summed E-state index contributed by atoms with van der Waals surface area (Å²) in [4.78, 5) is 27.4. The van der Waals surface area contributed by atoms with E-state index in [2.05, 4.69) is 4.99 Å². The van der Waals surface area contributed by atoms with Crippen LogP contribution in [0.5, 0.6) is 0 Å². The van der Waals surface area contributed by atoms with Gasteiger partial charge < -0.3 is 4.74 Å². The minimum absolute atomic E-state index is 0.0352. The van der Waals surface area contributed by atoms with Crippen LogP contribution in [0, 0.1) is 17.0 Å². The molecule has 0 saturated carbocycles. The second-order valence-electron chi connectivity index (χ2n) is 4.61. The van der Waals surface area contributed by atoms with Crippen molar-refractivity contribution < 1.29 is 14.5 Å². The molecule has 3 rings (SSSR count). The number of cyclic esters (lactones) is 1. The molecule has 1 aliphatic heterocycles. The van der Waals surface area contributed by atoms with Crippen molar-refractivity contribution >= 4 is 35.0 Å². The Bertz CT molecular complexity index is 822. The Hall–Kier alpha value is -2.80. The van der Waals surface area contributed by atoms with Gasteiger partial charge in [-0.25, -0.2) is 9.79 Å². The highest BCUT2D eigenvalue weighted by Gasteiger charge is 2.25. The molecule has 0 atom stereocenters. The lowest BCUT2D eigenvalue weighted by atomic mass is 10.1. The number of hydrogen-bond donors (Lipinski definition) is 0. The molecular formula is C15H10N2O4S. The number of nitro benzene ring substituents is 1. The number of rotatable bonds is 3. The van der Waals surface area contributed by atoms with Gasteiger partial charge in [0.2, 0.25) is 5.90 Å². The molecule has 6 nitrogen and oxygen atoms in total. The predicted molar refractivity (Wildman–Crippen MR) is 82.8 cm³/mol. The predicted octanol–water partition coefficient (Wildman–Crippen LogP) is 3.31. The molecule has 1 aromatic heterocycles. The number of carbonyl (C=O) groups is 1. The number of benzene rings is 1. The molecule has 0 bridgehead atoms. The molecule has 0 radical (unpaired) electrons. The summed E-state index contributed by atoms with van der Waals surface area (Å²) in [5.74, 6) is -0.484. The summed E-state index contributed by atoms with van der Waals surface area (Å²) in [5, 5.41) is 12.9. The Morgan fingerprint density at radius 1 is 1.36 bits per heavy atom. The number of aliphatic imine (C=N–C) groups is 1. The van der Waals surface area contributed by atoms with Gasteiger partial charge >= 0.3 is 5.97 Å². The van der Waals surface area contributed by atoms with Crippen molar-refractivity contribution in [1.82, 2.24) is 0 Å². The monoisotopic (exact) mass is 314 g/mol. The number of nitro groups is 1. The zero-order valence-corrected chi connectivity index (χ0v) is 12.3. The van der Waals surface area contributed by atoms with Gasteiger partial charge in [0, 0.05) is 22.1 Å². The molecule has 1 aliphatic rings. The summed E-state index contributed by atoms with van der Waals surface area (Å²) >= 11 is 1.47. The molecule has 0 N–H and O–H groups in total. The SMILES string of the molecule is Cc1ccc(C2=N/C(=C/c3cccs3)C(=O)O2)cc1[N+](=O)[O-]. The lowest BCUT2D eigenvalue weighted by Gasteiger charge is -2.01. The maximum absolute atomic E-state index is 11.8. The van der Waals surface area contributed by atoms with Gasteiger partial charge in [0.15, 0.2) is 5.70 Å². The molecule has 0 saturated heterocycles. The van der Waals surface area contributed by atoms with Gasteiger partial charge in [0.25, 0.3) is 5.69 Å². The fourth-order valence-corrected chi connectivity index (χ4v) is 2.63. The summed E-state index contributed by atoms with van der Waals surface area (Å²) in [6.45, 7) is 1.65. The summed E-state index contributed by atoms with van der Waals surface area (Å²) in [7, 11) is 0. The number of thiophene rings is 1. The van der Waals surface area contributed by atoms with Gasteiger partial charge in [0.1, 0.15) is 0 Å². The number of hydrogen-bond acceptors (Lipinski definition) is 6. The molecule has 0 spiro atoms. The smallest absolute Gasteiger partial charge is 0.363 e. The first kappa shape index (κ1) is 14.2. The molecule has 0 amide bonds. The van der Waals surface area contributed by atoms with Crippen molar-refractivity contribution in [3.8, 4) is 0 Å². The normalized spacial score (nSPS) is 15.8. The average Bonchev–Trinajstić information content (AvgIpc) is 3.10. The number of nitrogens with zero attached hydrogens (tertiary/aromatic N) is 2. The van der Waals surface area contributed by atoms with Crippen LogP contribution in [0.1, 0.15) is 16.0 Å². The first-order valence-electron chi connectivity index (χ1n) is 6.36. The van der Waals surface area contributed by atoms with E-state index in [1.54, 1.807) is 25.1 Å². The Morgan fingerprint density at radius 3 is 2.86 bits per heavy atom. The summed E-state index contributed by atoms with van der Waals surface area (Å²) in [5.41, 5.74) is 1.08. The summed E-state index contributed by atoms with van der Waals surface area (Å²) in [6, 6.07) is 8.32. The first-order chi connectivity index (χ1) is 10.5. The van der Waals surface area contributed by atoms with Crippen molar-refractivity contribution in [1.29, 1.82) is 0 Å². The van der Waals surface area contributed by atoms with Crippen LogP contribution in [0.4, 0.5) is 5.69 Å². The second-order valence-corrected chi connectivity index (χ2v) is 5.59. The third kappa shape index (κ3) is 2.66.